The molecule has 0 atom stereocenters. The summed E-state index contributed by atoms with van der Waals surface area (Å²) in [7, 11) is 0. The topological polar surface area (TPSA) is 64.9 Å². The van der Waals surface area contributed by atoms with Crippen LogP contribution in [0.25, 0.3) is 0 Å². The van der Waals surface area contributed by atoms with E-state index < -0.39 is 5.91 Å². The number of nitrogens with one attached hydrogen (secondary N) is 2. The smallest absolute Gasteiger partial charge is 0.267 e. The van der Waals surface area contributed by atoms with Gasteiger partial charge in [-0.25, -0.2) is 0 Å². The molecule has 1 aliphatic rings. The quantitative estimate of drug-likeness (QED) is 0.653. The summed E-state index contributed by atoms with van der Waals surface area (Å²) < 4.78 is 0. The maximum Gasteiger partial charge on any atom is 0.267 e. The zero-order valence-electron chi connectivity index (χ0n) is 12.7. The fourth-order valence-electron chi connectivity index (χ4n) is 2.49. The average molecular weight is 318 g/mol. The summed E-state index contributed by atoms with van der Waals surface area (Å²) >= 11 is 6.03. The molecule has 0 radical (unpaired) electrons. The van der Waals surface area contributed by atoms with Gasteiger partial charge in [0.15, 0.2) is 0 Å². The van der Waals surface area contributed by atoms with Crippen molar-refractivity contribution in [1.29, 1.82) is 5.26 Å². The van der Waals surface area contributed by atoms with E-state index in [2.05, 4.69) is 10.6 Å². The predicted molar refractivity (Wildman–Crippen MR) is 88.5 cm³/mol. The Morgan fingerprint density at radius 3 is 2.73 bits per heavy atom. The molecule has 0 bridgehead atoms. The van der Waals surface area contributed by atoms with Crippen LogP contribution in [0, 0.1) is 18.3 Å². The summed E-state index contributed by atoms with van der Waals surface area (Å²) in [4.78, 5) is 12.1. The number of anilines is 1. The van der Waals surface area contributed by atoms with E-state index in [9.17, 15) is 4.79 Å². The van der Waals surface area contributed by atoms with Crippen LogP contribution < -0.4 is 10.6 Å². The van der Waals surface area contributed by atoms with Gasteiger partial charge in [-0.1, -0.05) is 36.9 Å². The second-order valence-corrected chi connectivity index (χ2v) is 6.00. The maximum atomic E-state index is 12.1. The number of amides is 1. The predicted octanol–water partition coefficient (Wildman–Crippen LogP) is 3.92. The van der Waals surface area contributed by atoms with Gasteiger partial charge in [0.05, 0.1) is 0 Å². The van der Waals surface area contributed by atoms with E-state index in [1.165, 1.54) is 25.5 Å². The Morgan fingerprint density at radius 1 is 1.36 bits per heavy atom. The van der Waals surface area contributed by atoms with E-state index in [4.69, 9.17) is 16.9 Å². The Kier molecular flexibility index (Phi) is 5.85. The lowest BCUT2D eigenvalue weighted by molar-refractivity contribution is -0.112. The molecule has 1 aromatic rings. The Hall–Kier alpha value is -1.99. The fourth-order valence-corrected chi connectivity index (χ4v) is 2.67. The molecule has 0 saturated heterocycles. The summed E-state index contributed by atoms with van der Waals surface area (Å²) in [5.41, 5.74) is 1.59. The molecular formula is C17H20ClN3O. The van der Waals surface area contributed by atoms with Crippen molar-refractivity contribution in [1.82, 2.24) is 5.32 Å². The summed E-state index contributed by atoms with van der Waals surface area (Å²) in [6, 6.07) is 7.57. The first-order valence-corrected chi connectivity index (χ1v) is 7.92. The molecule has 0 spiro atoms. The molecule has 1 saturated carbocycles. The van der Waals surface area contributed by atoms with E-state index >= 15 is 0 Å². The second kappa shape index (κ2) is 7.86. The standard InChI is InChI=1S/C17H20ClN3O/c1-12-7-8-15(9-16(12)18)21-17(22)13(10-19)11-20-14-5-3-2-4-6-14/h7-9,11,14,20H,2-6H2,1H3,(H,21,22)/b13-11-. The summed E-state index contributed by atoms with van der Waals surface area (Å²) in [6.45, 7) is 1.89. The van der Waals surface area contributed by atoms with E-state index in [1.54, 1.807) is 12.1 Å². The number of carbonyl (C=O) groups excluding carboxylic acids is 1. The van der Waals surface area contributed by atoms with Gasteiger partial charge in [-0.3, -0.25) is 4.79 Å². The van der Waals surface area contributed by atoms with Crippen molar-refractivity contribution in [2.24, 2.45) is 0 Å². The number of halogens is 1. The molecule has 1 fully saturated rings. The van der Waals surface area contributed by atoms with Gasteiger partial charge in [0, 0.05) is 23.0 Å². The third kappa shape index (κ3) is 4.51. The summed E-state index contributed by atoms with van der Waals surface area (Å²) in [6.07, 6.45) is 7.36. The van der Waals surface area contributed by atoms with E-state index in [-0.39, 0.29) is 5.57 Å². The third-order valence-corrected chi connectivity index (χ3v) is 4.27. The first-order chi connectivity index (χ1) is 10.6. The van der Waals surface area contributed by atoms with Crippen molar-refractivity contribution in [3.8, 4) is 6.07 Å². The zero-order chi connectivity index (χ0) is 15.9. The van der Waals surface area contributed by atoms with E-state index in [0.29, 0.717) is 16.8 Å². The first kappa shape index (κ1) is 16.4. The molecule has 0 aliphatic heterocycles. The van der Waals surface area contributed by atoms with Gasteiger partial charge in [0.1, 0.15) is 11.6 Å². The third-order valence-electron chi connectivity index (χ3n) is 3.86. The van der Waals surface area contributed by atoms with Crippen LogP contribution >= 0.6 is 11.6 Å². The number of hydrogen-bond donors (Lipinski definition) is 2. The van der Waals surface area contributed by atoms with Gasteiger partial charge in [0.2, 0.25) is 0 Å². The van der Waals surface area contributed by atoms with Crippen LogP contribution in [-0.2, 0) is 4.79 Å². The number of nitrogens with zero attached hydrogens (tertiary/aromatic N) is 1. The van der Waals surface area contributed by atoms with Gasteiger partial charge in [-0.2, -0.15) is 5.26 Å². The first-order valence-electron chi connectivity index (χ1n) is 7.54. The lowest BCUT2D eigenvalue weighted by atomic mass is 9.96. The van der Waals surface area contributed by atoms with Crippen molar-refractivity contribution in [3.63, 3.8) is 0 Å². The van der Waals surface area contributed by atoms with Crippen LogP contribution in [0.2, 0.25) is 5.02 Å². The minimum Gasteiger partial charge on any atom is -0.387 e. The van der Waals surface area contributed by atoms with Gasteiger partial charge < -0.3 is 10.6 Å². The minimum atomic E-state index is -0.425. The zero-order valence-corrected chi connectivity index (χ0v) is 13.4. The lowest BCUT2D eigenvalue weighted by Gasteiger charge is -2.21. The van der Waals surface area contributed by atoms with Crippen LogP contribution in [0.15, 0.2) is 30.0 Å². The van der Waals surface area contributed by atoms with Gasteiger partial charge in [0.25, 0.3) is 5.91 Å². The number of aryl methyl sites for hydroxylation is 1. The molecule has 2 rings (SSSR count). The summed E-state index contributed by atoms with van der Waals surface area (Å²) in [5, 5.41) is 15.6. The van der Waals surface area contributed by atoms with Crippen LogP contribution in [-0.4, -0.2) is 11.9 Å². The van der Waals surface area contributed by atoms with Crippen LogP contribution in [0.1, 0.15) is 37.7 Å². The molecule has 1 aliphatic carbocycles. The highest BCUT2D eigenvalue weighted by atomic mass is 35.5. The molecule has 0 unspecified atom stereocenters. The van der Waals surface area contributed by atoms with Crippen molar-refractivity contribution in [2.45, 2.75) is 45.1 Å². The molecule has 116 valence electrons. The molecule has 1 aromatic carbocycles. The molecular weight excluding hydrogens is 298 g/mol. The van der Waals surface area contributed by atoms with Crippen LogP contribution in [0.5, 0.6) is 0 Å². The Morgan fingerprint density at radius 2 is 2.09 bits per heavy atom. The molecule has 0 aromatic heterocycles. The van der Waals surface area contributed by atoms with Crippen molar-refractivity contribution in [2.75, 3.05) is 5.32 Å². The second-order valence-electron chi connectivity index (χ2n) is 5.59. The lowest BCUT2D eigenvalue weighted by Crippen LogP contribution is -2.28. The maximum absolute atomic E-state index is 12.1. The van der Waals surface area contributed by atoms with Gasteiger partial charge in [-0.05, 0) is 37.5 Å². The van der Waals surface area contributed by atoms with Crippen LogP contribution in [0.3, 0.4) is 0 Å². The molecule has 5 heteroatoms. The number of benzene rings is 1. The van der Waals surface area contributed by atoms with Crippen molar-refractivity contribution >= 4 is 23.2 Å². The Balaban J connectivity index is 1.98. The Bertz CT molecular complexity index is 613. The van der Waals surface area contributed by atoms with E-state index in [1.807, 2.05) is 19.1 Å². The van der Waals surface area contributed by atoms with Crippen molar-refractivity contribution in [3.05, 3.63) is 40.6 Å². The van der Waals surface area contributed by atoms with Gasteiger partial charge in [-0.15, -0.1) is 0 Å². The fraction of sp³-hybridized carbons (Fsp3) is 0.412. The number of nitriles is 1. The number of hydrogen-bond acceptors (Lipinski definition) is 3. The molecule has 22 heavy (non-hydrogen) atoms. The highest BCUT2D eigenvalue weighted by molar-refractivity contribution is 6.31. The van der Waals surface area contributed by atoms with Crippen LogP contribution in [0.4, 0.5) is 5.69 Å². The highest BCUT2D eigenvalue weighted by Gasteiger charge is 2.14. The SMILES string of the molecule is Cc1ccc(NC(=O)/C(C#N)=C\NC2CCCCC2)cc1Cl. The van der Waals surface area contributed by atoms with Crippen molar-refractivity contribution < 1.29 is 4.79 Å². The van der Waals surface area contributed by atoms with Gasteiger partial charge >= 0.3 is 0 Å². The number of carbonyl (C=O) groups is 1. The monoisotopic (exact) mass is 317 g/mol. The Labute approximate surface area is 136 Å². The normalized spacial score (nSPS) is 16.0. The minimum absolute atomic E-state index is 0.0715. The molecule has 0 heterocycles. The molecule has 1 amide bonds. The highest BCUT2D eigenvalue weighted by Crippen LogP contribution is 2.20. The summed E-state index contributed by atoms with van der Waals surface area (Å²) in [5.74, 6) is -0.425. The number of rotatable bonds is 4. The average Bonchev–Trinajstić information content (AvgIpc) is 2.52. The van der Waals surface area contributed by atoms with E-state index in [0.717, 1.165) is 18.4 Å². The largest absolute Gasteiger partial charge is 0.387 e. The molecule has 2 N–H and O–H groups in total. The molecule has 4 nitrogen and oxygen atoms in total.